The number of rotatable bonds is 4. The van der Waals surface area contributed by atoms with E-state index in [1.165, 1.54) is 31.4 Å². The molecule has 2 unspecified atom stereocenters. The normalized spacial score (nSPS) is 23.8. The van der Waals surface area contributed by atoms with Gasteiger partial charge in [-0.25, -0.2) is 0 Å². The molecule has 0 saturated carbocycles. The fraction of sp³-hybridized carbons (Fsp3) is 0.632. The number of hydrogen-bond donors (Lipinski definition) is 2. The van der Waals surface area contributed by atoms with Crippen LogP contribution in [-0.4, -0.2) is 50.2 Å². The summed E-state index contributed by atoms with van der Waals surface area (Å²) < 4.78 is 5.75. The average Bonchev–Trinajstić information content (AvgIpc) is 2.65. The van der Waals surface area contributed by atoms with Gasteiger partial charge in [-0.05, 0) is 32.0 Å². The van der Waals surface area contributed by atoms with Crippen molar-refractivity contribution in [2.24, 2.45) is 4.99 Å². The van der Waals surface area contributed by atoms with Gasteiger partial charge in [0.15, 0.2) is 5.96 Å². The highest BCUT2D eigenvalue weighted by atomic mass is 127. The van der Waals surface area contributed by atoms with Crippen molar-refractivity contribution in [3.63, 3.8) is 0 Å². The molecule has 3 rings (SSSR count). The molecule has 0 aliphatic carbocycles. The molecule has 0 spiro atoms. The van der Waals surface area contributed by atoms with E-state index in [-0.39, 0.29) is 30.0 Å². The molecule has 1 aromatic carbocycles. The lowest BCUT2D eigenvalue weighted by atomic mass is 10.0. The van der Waals surface area contributed by atoms with Crippen molar-refractivity contribution < 1.29 is 4.74 Å². The summed E-state index contributed by atoms with van der Waals surface area (Å²) in [5.74, 6) is 1.87. The number of likely N-dealkylation sites (N-methyl/N-ethyl adjacent to an activating group) is 1. The number of hydrogen-bond acceptors (Lipinski definition) is 3. The van der Waals surface area contributed by atoms with Crippen LogP contribution in [0.1, 0.15) is 44.2 Å². The molecule has 2 aliphatic heterocycles. The van der Waals surface area contributed by atoms with E-state index in [0.717, 1.165) is 37.8 Å². The highest BCUT2D eigenvalue weighted by Gasteiger charge is 2.23. The minimum Gasteiger partial charge on any atom is -0.493 e. The maximum absolute atomic E-state index is 5.75. The predicted molar refractivity (Wildman–Crippen MR) is 114 cm³/mol. The Morgan fingerprint density at radius 2 is 2.12 bits per heavy atom. The lowest BCUT2D eigenvalue weighted by Gasteiger charge is -2.35. The lowest BCUT2D eigenvalue weighted by molar-refractivity contribution is 0.157. The Hall–Kier alpha value is -1.02. The van der Waals surface area contributed by atoms with Crippen LogP contribution in [0.4, 0.5) is 0 Å². The van der Waals surface area contributed by atoms with Crippen molar-refractivity contribution >= 4 is 29.9 Å². The van der Waals surface area contributed by atoms with E-state index in [1.54, 1.807) is 0 Å². The lowest BCUT2D eigenvalue weighted by Crippen LogP contribution is -2.49. The number of fused-ring (bicyclic) bond motifs is 1. The quantitative estimate of drug-likeness (QED) is 0.414. The van der Waals surface area contributed by atoms with Crippen molar-refractivity contribution in [1.82, 2.24) is 15.5 Å². The van der Waals surface area contributed by atoms with Gasteiger partial charge in [0, 0.05) is 31.6 Å². The van der Waals surface area contributed by atoms with Gasteiger partial charge in [-0.2, -0.15) is 0 Å². The molecule has 140 valence electrons. The SMILES string of the molecule is CCN1CCCCC1CNC(=NC)NC1CCOc2ccccc21.I. The largest absolute Gasteiger partial charge is 0.493 e. The number of likely N-dealkylation sites (tertiary alicyclic amines) is 1. The Balaban J connectivity index is 0.00000225. The number of aliphatic imine (C=N–C) groups is 1. The van der Waals surface area contributed by atoms with Gasteiger partial charge in [-0.15, -0.1) is 24.0 Å². The molecule has 0 amide bonds. The summed E-state index contributed by atoms with van der Waals surface area (Å²) >= 11 is 0. The molecule has 2 atom stereocenters. The van der Waals surface area contributed by atoms with Crippen LogP contribution in [0.25, 0.3) is 0 Å². The van der Waals surface area contributed by atoms with E-state index in [4.69, 9.17) is 4.74 Å². The van der Waals surface area contributed by atoms with Crippen LogP contribution in [0.15, 0.2) is 29.3 Å². The van der Waals surface area contributed by atoms with E-state index >= 15 is 0 Å². The van der Waals surface area contributed by atoms with E-state index < -0.39 is 0 Å². The average molecular weight is 458 g/mol. The van der Waals surface area contributed by atoms with E-state index in [0.29, 0.717) is 6.04 Å². The van der Waals surface area contributed by atoms with Crippen LogP contribution in [0, 0.1) is 0 Å². The van der Waals surface area contributed by atoms with Crippen LogP contribution >= 0.6 is 24.0 Å². The second-order valence-corrected chi connectivity index (χ2v) is 6.60. The smallest absolute Gasteiger partial charge is 0.191 e. The zero-order valence-electron chi connectivity index (χ0n) is 15.3. The topological polar surface area (TPSA) is 48.9 Å². The molecule has 6 heteroatoms. The maximum atomic E-state index is 5.75. The number of piperidine rings is 1. The molecule has 1 saturated heterocycles. The van der Waals surface area contributed by atoms with Crippen molar-refractivity contribution in [2.45, 2.75) is 44.7 Å². The first-order valence-electron chi connectivity index (χ1n) is 9.24. The fourth-order valence-electron chi connectivity index (χ4n) is 3.77. The van der Waals surface area contributed by atoms with Gasteiger partial charge >= 0.3 is 0 Å². The first kappa shape index (κ1) is 20.3. The van der Waals surface area contributed by atoms with Crippen molar-refractivity contribution in [1.29, 1.82) is 0 Å². The second-order valence-electron chi connectivity index (χ2n) is 6.60. The van der Waals surface area contributed by atoms with Gasteiger partial charge in [-0.3, -0.25) is 9.89 Å². The molecule has 1 fully saturated rings. The number of guanidine groups is 1. The molecule has 2 aliphatic rings. The Labute approximate surface area is 168 Å². The van der Waals surface area contributed by atoms with Gasteiger partial charge < -0.3 is 15.4 Å². The highest BCUT2D eigenvalue weighted by Crippen LogP contribution is 2.31. The number of benzene rings is 1. The third-order valence-electron chi connectivity index (χ3n) is 5.15. The number of halogens is 1. The Kier molecular flexibility index (Phi) is 8.29. The van der Waals surface area contributed by atoms with Crippen molar-refractivity contribution in [2.75, 3.05) is 33.3 Å². The van der Waals surface area contributed by atoms with Crippen LogP contribution in [-0.2, 0) is 0 Å². The summed E-state index contributed by atoms with van der Waals surface area (Å²) in [6.07, 6.45) is 4.90. The van der Waals surface area contributed by atoms with E-state index in [2.05, 4.69) is 39.6 Å². The Morgan fingerprint density at radius 3 is 2.92 bits per heavy atom. The van der Waals surface area contributed by atoms with Gasteiger partial charge in [0.2, 0.25) is 0 Å². The van der Waals surface area contributed by atoms with Crippen molar-refractivity contribution in [3.8, 4) is 5.75 Å². The summed E-state index contributed by atoms with van der Waals surface area (Å²) in [5, 5.41) is 7.11. The third-order valence-corrected chi connectivity index (χ3v) is 5.15. The molecule has 5 nitrogen and oxygen atoms in total. The summed E-state index contributed by atoms with van der Waals surface area (Å²) in [5.41, 5.74) is 1.22. The molecular weight excluding hydrogens is 427 g/mol. The first-order chi connectivity index (χ1) is 11.8. The minimum absolute atomic E-state index is 0. The molecule has 1 aromatic rings. The Morgan fingerprint density at radius 1 is 1.28 bits per heavy atom. The van der Waals surface area contributed by atoms with Gasteiger partial charge in [-0.1, -0.05) is 31.5 Å². The molecule has 25 heavy (non-hydrogen) atoms. The zero-order chi connectivity index (χ0) is 16.8. The molecule has 2 N–H and O–H groups in total. The van der Waals surface area contributed by atoms with E-state index in [9.17, 15) is 0 Å². The van der Waals surface area contributed by atoms with Crippen molar-refractivity contribution in [3.05, 3.63) is 29.8 Å². The van der Waals surface area contributed by atoms with E-state index in [1.807, 2.05) is 19.2 Å². The summed E-state index contributed by atoms with van der Waals surface area (Å²) in [6, 6.07) is 9.15. The Bertz CT molecular complexity index is 566. The third kappa shape index (κ3) is 5.23. The van der Waals surface area contributed by atoms with Gasteiger partial charge in [0.05, 0.1) is 12.6 Å². The summed E-state index contributed by atoms with van der Waals surface area (Å²) in [6.45, 7) is 6.31. The monoisotopic (exact) mass is 458 g/mol. The van der Waals surface area contributed by atoms with Crippen LogP contribution < -0.4 is 15.4 Å². The molecule has 0 bridgehead atoms. The molecule has 2 heterocycles. The standard InChI is InChI=1S/C19H30N4O.HI/c1-3-23-12-7-6-8-15(23)14-21-19(20-2)22-17-11-13-24-18-10-5-4-9-16(17)18;/h4-5,9-10,15,17H,3,6-8,11-14H2,1-2H3,(H2,20,21,22);1H. The fourth-order valence-corrected chi connectivity index (χ4v) is 3.77. The van der Waals surface area contributed by atoms with Gasteiger partial charge in [0.25, 0.3) is 0 Å². The predicted octanol–water partition coefficient (Wildman–Crippen LogP) is 3.17. The van der Waals surface area contributed by atoms with Crippen LogP contribution in [0.2, 0.25) is 0 Å². The first-order valence-corrected chi connectivity index (χ1v) is 9.24. The van der Waals surface area contributed by atoms with Crippen LogP contribution in [0.3, 0.4) is 0 Å². The minimum atomic E-state index is 0. The van der Waals surface area contributed by atoms with Crippen LogP contribution in [0.5, 0.6) is 5.75 Å². The molecular formula is C19H31IN4O. The summed E-state index contributed by atoms with van der Waals surface area (Å²) in [4.78, 5) is 7.00. The molecule has 0 radical (unpaired) electrons. The second kappa shape index (κ2) is 10.2. The number of nitrogens with zero attached hydrogens (tertiary/aromatic N) is 2. The number of nitrogens with one attached hydrogen (secondary N) is 2. The maximum Gasteiger partial charge on any atom is 0.191 e. The zero-order valence-corrected chi connectivity index (χ0v) is 17.7. The highest BCUT2D eigenvalue weighted by molar-refractivity contribution is 14.0. The summed E-state index contributed by atoms with van der Waals surface area (Å²) in [7, 11) is 1.85. The number of ether oxygens (including phenoxy) is 1. The molecule has 0 aromatic heterocycles. The number of para-hydroxylation sites is 1. The van der Waals surface area contributed by atoms with Gasteiger partial charge in [0.1, 0.15) is 5.75 Å².